The lowest BCUT2D eigenvalue weighted by Crippen LogP contribution is -2.48. The monoisotopic (exact) mass is 308 g/mol. The summed E-state index contributed by atoms with van der Waals surface area (Å²) in [6, 6.07) is 9.51. The van der Waals surface area contributed by atoms with E-state index in [1.165, 1.54) is 5.56 Å². The van der Waals surface area contributed by atoms with Gasteiger partial charge in [-0.3, -0.25) is 10.1 Å². The quantitative estimate of drug-likeness (QED) is 0.930. The Labute approximate surface area is 129 Å². The van der Waals surface area contributed by atoms with Crippen molar-refractivity contribution in [3.05, 3.63) is 35.9 Å². The molecule has 1 N–H and O–H groups in total. The molecule has 2 aliphatic heterocycles. The average Bonchev–Trinajstić information content (AvgIpc) is 2.88. The minimum Gasteiger partial charge on any atom is -0.341 e. The van der Waals surface area contributed by atoms with Crippen LogP contribution in [0, 0.1) is 5.92 Å². The number of carbonyl (C=O) groups is 1. The zero-order valence-electron chi connectivity index (χ0n) is 12.6. The lowest BCUT2D eigenvalue weighted by Gasteiger charge is -2.34. The molecule has 1 aromatic carbocycles. The number of hydrogen-bond donors (Lipinski definition) is 1. The van der Waals surface area contributed by atoms with E-state index < -0.39 is 12.0 Å². The zero-order valence-corrected chi connectivity index (χ0v) is 12.6. The maximum atomic E-state index is 13.3. The van der Waals surface area contributed by atoms with Crippen molar-refractivity contribution in [2.75, 3.05) is 19.6 Å². The van der Waals surface area contributed by atoms with E-state index in [4.69, 9.17) is 0 Å². The van der Waals surface area contributed by atoms with Gasteiger partial charge in [0.05, 0.1) is 12.6 Å². The maximum absolute atomic E-state index is 13.3. The van der Waals surface area contributed by atoms with E-state index in [2.05, 4.69) is 17.4 Å². The lowest BCUT2D eigenvalue weighted by molar-refractivity contribution is -0.135. The fraction of sp³-hybridized carbons (Fsp3) is 0.588. The molecule has 1 amide bonds. The number of nitrogens with one attached hydrogen (secondary N) is 1. The van der Waals surface area contributed by atoms with Crippen LogP contribution in [0.1, 0.15) is 24.8 Å². The number of piperidine rings is 1. The number of carbonyl (C=O) groups excluding carboxylic acids is 1. The molecule has 2 fully saturated rings. The van der Waals surface area contributed by atoms with Crippen molar-refractivity contribution in [1.29, 1.82) is 0 Å². The summed E-state index contributed by atoms with van der Waals surface area (Å²) in [5.74, 6) is -2.49. The molecule has 2 aliphatic rings. The molecule has 0 saturated carbocycles. The van der Waals surface area contributed by atoms with Gasteiger partial charge in [0.15, 0.2) is 0 Å². The van der Waals surface area contributed by atoms with E-state index in [9.17, 15) is 13.6 Å². The van der Waals surface area contributed by atoms with Gasteiger partial charge in [0.25, 0.3) is 5.92 Å². The van der Waals surface area contributed by atoms with E-state index in [0.717, 1.165) is 19.3 Å². The highest BCUT2D eigenvalue weighted by atomic mass is 19.3. The summed E-state index contributed by atoms with van der Waals surface area (Å²) in [5.41, 5.74) is 1.27. The fourth-order valence-electron chi connectivity index (χ4n) is 3.49. The van der Waals surface area contributed by atoms with Crippen LogP contribution in [0.4, 0.5) is 8.78 Å². The van der Waals surface area contributed by atoms with Gasteiger partial charge in [-0.1, -0.05) is 30.3 Å². The predicted octanol–water partition coefficient (Wildman–Crippen LogP) is 2.46. The molecule has 0 spiro atoms. The average molecular weight is 308 g/mol. The molecule has 2 saturated heterocycles. The second kappa shape index (κ2) is 6.32. The number of rotatable bonds is 3. The van der Waals surface area contributed by atoms with E-state index in [-0.39, 0.29) is 18.9 Å². The topological polar surface area (TPSA) is 32.3 Å². The van der Waals surface area contributed by atoms with Gasteiger partial charge in [0, 0.05) is 19.5 Å². The van der Waals surface area contributed by atoms with E-state index in [1.807, 2.05) is 18.2 Å². The Morgan fingerprint density at radius 1 is 1.32 bits per heavy atom. The Balaban J connectivity index is 1.57. The standard InChI is InChI=1S/C17H22F2N2O/c18-17(19)10-15(20-12-17)16(22)21-8-4-7-14(11-21)9-13-5-2-1-3-6-13/h1-3,5-6,14-15,20H,4,7-12H2. The molecule has 3 rings (SSSR count). The highest BCUT2D eigenvalue weighted by Crippen LogP contribution is 2.28. The van der Waals surface area contributed by atoms with Gasteiger partial charge < -0.3 is 4.90 Å². The Bertz CT molecular complexity index is 521. The van der Waals surface area contributed by atoms with Crippen LogP contribution in [0.2, 0.25) is 0 Å². The Morgan fingerprint density at radius 2 is 2.09 bits per heavy atom. The molecule has 3 nitrogen and oxygen atoms in total. The molecule has 0 aromatic heterocycles. The first-order chi connectivity index (χ1) is 10.5. The number of alkyl halides is 2. The van der Waals surface area contributed by atoms with Crippen LogP contribution in [0.25, 0.3) is 0 Å². The zero-order chi connectivity index (χ0) is 15.6. The summed E-state index contributed by atoms with van der Waals surface area (Å²) in [4.78, 5) is 14.2. The van der Waals surface area contributed by atoms with Crippen LogP contribution < -0.4 is 5.32 Å². The van der Waals surface area contributed by atoms with E-state index >= 15 is 0 Å². The van der Waals surface area contributed by atoms with Gasteiger partial charge in [-0.2, -0.15) is 0 Å². The van der Waals surface area contributed by atoms with Gasteiger partial charge in [-0.05, 0) is 30.7 Å². The minimum absolute atomic E-state index is 0.157. The smallest absolute Gasteiger partial charge is 0.262 e. The van der Waals surface area contributed by atoms with Crippen LogP contribution in [0.15, 0.2) is 30.3 Å². The normalized spacial score (nSPS) is 27.8. The van der Waals surface area contributed by atoms with Crippen LogP contribution in [-0.2, 0) is 11.2 Å². The summed E-state index contributed by atoms with van der Waals surface area (Å²) in [6.07, 6.45) is 2.61. The molecule has 0 aliphatic carbocycles. The Hall–Kier alpha value is -1.49. The highest BCUT2D eigenvalue weighted by molar-refractivity contribution is 5.82. The van der Waals surface area contributed by atoms with E-state index in [0.29, 0.717) is 19.0 Å². The van der Waals surface area contributed by atoms with Gasteiger partial charge in [-0.25, -0.2) is 8.78 Å². The molecule has 2 atom stereocenters. The third-order valence-electron chi connectivity index (χ3n) is 4.61. The summed E-state index contributed by atoms with van der Waals surface area (Å²) in [6.45, 7) is 0.982. The van der Waals surface area contributed by atoms with Crippen LogP contribution in [0.3, 0.4) is 0 Å². The van der Waals surface area contributed by atoms with Gasteiger partial charge in [0.1, 0.15) is 0 Å². The first kappa shape index (κ1) is 15.4. The van der Waals surface area contributed by atoms with Crippen LogP contribution in [0.5, 0.6) is 0 Å². The van der Waals surface area contributed by atoms with Gasteiger partial charge in [0.2, 0.25) is 5.91 Å². The molecular formula is C17H22F2N2O. The summed E-state index contributed by atoms with van der Waals surface area (Å²) >= 11 is 0. The minimum atomic E-state index is -2.75. The largest absolute Gasteiger partial charge is 0.341 e. The SMILES string of the molecule is O=C(C1CC(F)(F)CN1)N1CCCC(Cc2ccccc2)C1. The summed E-state index contributed by atoms with van der Waals surface area (Å²) in [5, 5.41) is 2.67. The van der Waals surface area contributed by atoms with Gasteiger partial charge >= 0.3 is 0 Å². The number of nitrogens with zero attached hydrogens (tertiary/aromatic N) is 1. The first-order valence-electron chi connectivity index (χ1n) is 7.97. The Kier molecular flexibility index (Phi) is 4.43. The molecule has 0 radical (unpaired) electrons. The third-order valence-corrected chi connectivity index (χ3v) is 4.61. The maximum Gasteiger partial charge on any atom is 0.262 e. The first-order valence-corrected chi connectivity index (χ1v) is 7.97. The molecule has 120 valence electrons. The summed E-state index contributed by atoms with van der Waals surface area (Å²) in [7, 11) is 0. The molecular weight excluding hydrogens is 286 g/mol. The predicted molar refractivity (Wildman–Crippen MR) is 80.8 cm³/mol. The van der Waals surface area contributed by atoms with Crippen molar-refractivity contribution >= 4 is 5.91 Å². The summed E-state index contributed by atoms with van der Waals surface area (Å²) < 4.78 is 26.5. The number of hydrogen-bond acceptors (Lipinski definition) is 2. The number of likely N-dealkylation sites (tertiary alicyclic amines) is 1. The second-order valence-corrected chi connectivity index (χ2v) is 6.48. The van der Waals surface area contributed by atoms with Crippen molar-refractivity contribution in [2.45, 2.75) is 37.6 Å². The van der Waals surface area contributed by atoms with Crippen molar-refractivity contribution in [2.24, 2.45) is 5.92 Å². The lowest BCUT2D eigenvalue weighted by atomic mass is 9.91. The molecule has 5 heteroatoms. The molecule has 1 aromatic rings. The molecule has 2 heterocycles. The molecule has 22 heavy (non-hydrogen) atoms. The van der Waals surface area contributed by atoms with Crippen molar-refractivity contribution in [3.8, 4) is 0 Å². The number of amides is 1. The van der Waals surface area contributed by atoms with Crippen molar-refractivity contribution < 1.29 is 13.6 Å². The molecule has 2 unspecified atom stereocenters. The Morgan fingerprint density at radius 3 is 2.77 bits per heavy atom. The second-order valence-electron chi connectivity index (χ2n) is 6.48. The molecule has 0 bridgehead atoms. The fourth-order valence-corrected chi connectivity index (χ4v) is 3.49. The van der Waals surface area contributed by atoms with E-state index in [1.54, 1.807) is 4.90 Å². The van der Waals surface area contributed by atoms with Crippen molar-refractivity contribution in [3.63, 3.8) is 0 Å². The number of halogens is 2. The van der Waals surface area contributed by atoms with Crippen LogP contribution in [-0.4, -0.2) is 42.4 Å². The van der Waals surface area contributed by atoms with Gasteiger partial charge in [-0.15, -0.1) is 0 Å². The van der Waals surface area contributed by atoms with Crippen LogP contribution >= 0.6 is 0 Å². The third kappa shape index (κ3) is 3.64. The van der Waals surface area contributed by atoms with Crippen molar-refractivity contribution in [1.82, 2.24) is 10.2 Å². The number of benzene rings is 1. The highest BCUT2D eigenvalue weighted by Gasteiger charge is 2.43.